The maximum Gasteiger partial charge on any atom is 0.317 e. The van der Waals surface area contributed by atoms with Crippen LogP contribution in [-0.2, 0) is 18.3 Å². The average molecular weight is 357 g/mol. The van der Waals surface area contributed by atoms with Gasteiger partial charge in [0.15, 0.2) is 0 Å². The summed E-state index contributed by atoms with van der Waals surface area (Å²) in [6.45, 7) is 3.69. The Bertz CT molecular complexity index is 861. The molecule has 1 N–H and O–H groups in total. The first kappa shape index (κ1) is 18.5. The third kappa shape index (κ3) is 3.75. The van der Waals surface area contributed by atoms with E-state index in [2.05, 4.69) is 12.2 Å². The van der Waals surface area contributed by atoms with E-state index in [9.17, 15) is 9.59 Å². The minimum Gasteiger partial charge on any atom is -0.378 e. The Hall–Kier alpha value is -2.34. The number of aryl methyl sites for hydroxylation is 1. The first-order valence-electron chi connectivity index (χ1n) is 9.09. The molecule has 140 valence electrons. The molecule has 1 saturated heterocycles. The van der Waals surface area contributed by atoms with Crippen molar-refractivity contribution in [1.82, 2.24) is 14.8 Å². The summed E-state index contributed by atoms with van der Waals surface area (Å²) < 4.78 is 7.22. The minimum absolute atomic E-state index is 0.0770. The molecule has 1 fully saturated rings. The molecule has 0 aliphatic carbocycles. The van der Waals surface area contributed by atoms with Crippen molar-refractivity contribution in [3.05, 3.63) is 46.2 Å². The van der Waals surface area contributed by atoms with E-state index in [1.165, 1.54) is 0 Å². The molecule has 6 nitrogen and oxygen atoms in total. The van der Waals surface area contributed by atoms with Gasteiger partial charge in [0.25, 0.3) is 5.56 Å². The Balaban J connectivity index is 1.69. The van der Waals surface area contributed by atoms with Crippen molar-refractivity contribution in [2.75, 3.05) is 20.2 Å². The van der Waals surface area contributed by atoms with Crippen LogP contribution >= 0.6 is 0 Å². The number of amides is 2. The smallest absolute Gasteiger partial charge is 0.317 e. The monoisotopic (exact) mass is 357 g/mol. The van der Waals surface area contributed by atoms with Gasteiger partial charge in [-0.3, -0.25) is 4.79 Å². The number of likely N-dealkylation sites (tertiary alicyclic amines) is 1. The first-order valence-corrected chi connectivity index (χ1v) is 9.09. The highest BCUT2D eigenvalue weighted by Crippen LogP contribution is 2.25. The zero-order valence-corrected chi connectivity index (χ0v) is 15.7. The molecular formula is C20H27N3O3. The van der Waals surface area contributed by atoms with Crippen LogP contribution in [0.4, 0.5) is 4.79 Å². The summed E-state index contributed by atoms with van der Waals surface area (Å²) in [7, 11) is 3.49. The molecule has 0 saturated carbocycles. The lowest BCUT2D eigenvalue weighted by molar-refractivity contribution is -0.00499. The fraction of sp³-hybridized carbons (Fsp3) is 0.500. The number of fused-ring (bicyclic) bond motifs is 1. The molecule has 1 aliphatic rings. The summed E-state index contributed by atoms with van der Waals surface area (Å²) in [6, 6.07) is 9.49. The molecule has 2 aromatic rings. The molecule has 26 heavy (non-hydrogen) atoms. The minimum atomic E-state index is -0.163. The van der Waals surface area contributed by atoms with Gasteiger partial charge in [0.1, 0.15) is 0 Å². The SMILES string of the molecule is COC1(C)CCCN(C(=O)NCc2cc3ccccc3n(C)c2=O)CC1. The Morgan fingerprint density at radius 3 is 2.81 bits per heavy atom. The van der Waals surface area contributed by atoms with Gasteiger partial charge in [-0.15, -0.1) is 0 Å². The van der Waals surface area contributed by atoms with Gasteiger partial charge in [-0.2, -0.15) is 0 Å². The van der Waals surface area contributed by atoms with Crippen LogP contribution in [0.3, 0.4) is 0 Å². The van der Waals surface area contributed by atoms with Crippen molar-refractivity contribution in [3.8, 4) is 0 Å². The lowest BCUT2D eigenvalue weighted by atomic mass is 9.97. The lowest BCUT2D eigenvalue weighted by Crippen LogP contribution is -2.41. The van der Waals surface area contributed by atoms with Gasteiger partial charge in [-0.25, -0.2) is 4.79 Å². The van der Waals surface area contributed by atoms with Crippen LogP contribution in [0, 0.1) is 0 Å². The van der Waals surface area contributed by atoms with E-state index >= 15 is 0 Å². The molecule has 2 amide bonds. The number of nitrogens with one attached hydrogen (secondary N) is 1. The number of rotatable bonds is 3. The second-order valence-corrected chi connectivity index (χ2v) is 7.25. The number of hydrogen-bond acceptors (Lipinski definition) is 3. The van der Waals surface area contributed by atoms with Crippen molar-refractivity contribution in [2.45, 2.75) is 38.3 Å². The molecule has 3 rings (SSSR count). The molecule has 0 radical (unpaired) electrons. The second-order valence-electron chi connectivity index (χ2n) is 7.25. The zero-order valence-electron chi connectivity index (χ0n) is 15.7. The summed E-state index contributed by atoms with van der Waals surface area (Å²) in [4.78, 5) is 26.9. The van der Waals surface area contributed by atoms with Gasteiger partial charge in [-0.05, 0) is 43.7 Å². The Morgan fingerprint density at radius 1 is 1.27 bits per heavy atom. The summed E-state index contributed by atoms with van der Waals surface area (Å²) >= 11 is 0. The molecule has 1 aromatic heterocycles. The fourth-order valence-electron chi connectivity index (χ4n) is 3.56. The number of methoxy groups -OCH3 is 1. The van der Waals surface area contributed by atoms with Gasteiger partial charge < -0.3 is 19.5 Å². The second kappa shape index (κ2) is 7.50. The number of urea groups is 1. The number of hydrogen-bond donors (Lipinski definition) is 1. The molecule has 2 heterocycles. The summed E-state index contributed by atoms with van der Waals surface area (Å²) in [5.41, 5.74) is 1.24. The number of benzene rings is 1. The Labute approximate surface area is 153 Å². The van der Waals surface area contributed by atoms with Crippen molar-refractivity contribution in [2.24, 2.45) is 7.05 Å². The fourth-order valence-corrected chi connectivity index (χ4v) is 3.56. The van der Waals surface area contributed by atoms with Crippen LogP contribution in [0.1, 0.15) is 31.7 Å². The van der Waals surface area contributed by atoms with Crippen LogP contribution < -0.4 is 10.9 Å². The van der Waals surface area contributed by atoms with Gasteiger partial charge in [0, 0.05) is 39.4 Å². The van der Waals surface area contributed by atoms with Gasteiger partial charge in [-0.1, -0.05) is 18.2 Å². The van der Waals surface area contributed by atoms with E-state index < -0.39 is 0 Å². The quantitative estimate of drug-likeness (QED) is 0.918. The summed E-state index contributed by atoms with van der Waals surface area (Å²) in [5.74, 6) is 0. The van der Waals surface area contributed by atoms with Crippen molar-refractivity contribution >= 4 is 16.9 Å². The zero-order chi connectivity index (χ0) is 18.7. The van der Waals surface area contributed by atoms with Gasteiger partial charge in [0.05, 0.1) is 11.1 Å². The number of carbonyl (C=O) groups excluding carboxylic acids is 1. The molecule has 0 spiro atoms. The highest BCUT2D eigenvalue weighted by atomic mass is 16.5. The van der Waals surface area contributed by atoms with Gasteiger partial charge >= 0.3 is 6.03 Å². The van der Waals surface area contributed by atoms with E-state index in [1.54, 1.807) is 18.7 Å². The van der Waals surface area contributed by atoms with E-state index in [0.717, 1.165) is 30.2 Å². The normalized spacial score (nSPS) is 20.8. The highest BCUT2D eigenvalue weighted by molar-refractivity contribution is 5.79. The number of ether oxygens (including phenoxy) is 1. The van der Waals surface area contributed by atoms with E-state index in [0.29, 0.717) is 18.7 Å². The van der Waals surface area contributed by atoms with E-state index in [1.807, 2.05) is 35.2 Å². The molecule has 1 aliphatic heterocycles. The maximum absolute atomic E-state index is 12.5. The number of pyridine rings is 1. The third-order valence-electron chi connectivity index (χ3n) is 5.46. The number of nitrogens with zero attached hydrogens (tertiary/aromatic N) is 2. The standard InChI is InChI=1S/C20H27N3O3/c1-20(26-3)9-6-11-23(12-10-20)19(25)21-14-16-13-15-7-4-5-8-17(15)22(2)18(16)24/h4-5,7-8,13H,6,9-12,14H2,1-3H3,(H,21,25). The molecule has 1 aromatic carbocycles. The van der Waals surface area contributed by atoms with Gasteiger partial charge in [0.2, 0.25) is 0 Å². The van der Waals surface area contributed by atoms with E-state index in [4.69, 9.17) is 4.74 Å². The first-order chi connectivity index (χ1) is 12.4. The van der Waals surface area contributed by atoms with Crippen LogP contribution in [-0.4, -0.2) is 41.3 Å². The summed E-state index contributed by atoms with van der Waals surface area (Å²) in [5, 5.41) is 3.90. The average Bonchev–Trinajstić information content (AvgIpc) is 2.86. The largest absolute Gasteiger partial charge is 0.378 e. The van der Waals surface area contributed by atoms with Crippen LogP contribution in [0.2, 0.25) is 0 Å². The molecular weight excluding hydrogens is 330 g/mol. The number of carbonyl (C=O) groups is 1. The topological polar surface area (TPSA) is 63.6 Å². The van der Waals surface area contributed by atoms with Crippen molar-refractivity contribution < 1.29 is 9.53 Å². The molecule has 0 bridgehead atoms. The van der Waals surface area contributed by atoms with E-state index in [-0.39, 0.29) is 23.7 Å². The Kier molecular flexibility index (Phi) is 5.32. The third-order valence-corrected chi connectivity index (χ3v) is 5.46. The predicted molar refractivity (Wildman–Crippen MR) is 102 cm³/mol. The predicted octanol–water partition coefficient (Wildman–Crippen LogP) is 2.64. The summed E-state index contributed by atoms with van der Waals surface area (Å²) in [6.07, 6.45) is 2.67. The molecule has 6 heteroatoms. The molecule has 1 unspecified atom stereocenters. The maximum atomic E-state index is 12.5. The van der Waals surface area contributed by atoms with Crippen molar-refractivity contribution in [3.63, 3.8) is 0 Å². The van der Waals surface area contributed by atoms with Crippen LogP contribution in [0.5, 0.6) is 0 Å². The number of para-hydroxylation sites is 1. The van der Waals surface area contributed by atoms with Crippen LogP contribution in [0.25, 0.3) is 10.9 Å². The highest BCUT2D eigenvalue weighted by Gasteiger charge is 2.29. The number of aromatic nitrogens is 1. The Morgan fingerprint density at radius 2 is 2.04 bits per heavy atom. The van der Waals surface area contributed by atoms with Crippen LogP contribution in [0.15, 0.2) is 35.1 Å². The van der Waals surface area contributed by atoms with Crippen molar-refractivity contribution in [1.29, 1.82) is 0 Å². The lowest BCUT2D eigenvalue weighted by Gasteiger charge is -2.26. The molecule has 1 atom stereocenters.